The Morgan fingerprint density at radius 1 is 0.931 bits per heavy atom. The van der Waals surface area contributed by atoms with Gasteiger partial charge in [-0.2, -0.15) is 0 Å². The zero-order valence-electron chi connectivity index (χ0n) is 16.0. The molecule has 0 fully saturated rings. The van der Waals surface area contributed by atoms with Gasteiger partial charge in [-0.1, -0.05) is 79.8 Å². The van der Waals surface area contributed by atoms with Crippen LogP contribution in [-0.2, 0) is 32.4 Å². The maximum Gasteiger partial charge on any atom is 0.110 e. The molecule has 148 valence electrons. The van der Waals surface area contributed by atoms with Crippen LogP contribution in [0.5, 0.6) is 0 Å². The number of anilines is 2. The average Bonchev–Trinajstić information content (AvgIpc) is 2.79. The molecule has 0 aliphatic carbocycles. The number of aliphatic imine (C=N–C) groups is 1. The second-order valence-electron chi connectivity index (χ2n) is 6.96. The van der Waals surface area contributed by atoms with Gasteiger partial charge < -0.3 is 15.3 Å². The number of rotatable bonds is 3. The molecule has 0 saturated heterocycles. The van der Waals surface area contributed by atoms with Crippen LogP contribution in [-0.4, -0.2) is 24.1 Å². The summed E-state index contributed by atoms with van der Waals surface area (Å²) in [7, 11) is 0. The van der Waals surface area contributed by atoms with Gasteiger partial charge >= 0.3 is 0 Å². The van der Waals surface area contributed by atoms with Crippen LogP contribution in [0.1, 0.15) is 44.5 Å². The second kappa shape index (κ2) is 10.5. The predicted molar refractivity (Wildman–Crippen MR) is 117 cm³/mol. The van der Waals surface area contributed by atoms with E-state index in [-0.39, 0.29) is 36.3 Å². The molecule has 0 amide bonds. The third kappa shape index (κ3) is 5.62. The van der Waals surface area contributed by atoms with Crippen molar-refractivity contribution < 1.29 is 20.4 Å². The van der Waals surface area contributed by atoms with Crippen molar-refractivity contribution in [2.45, 2.75) is 39.7 Å². The molecule has 1 aliphatic heterocycles. The number of fused-ring (bicyclic) bond motifs is 1. The molecule has 4 radical (unpaired) electrons. The van der Waals surface area contributed by atoms with Crippen molar-refractivity contribution in [2.24, 2.45) is 4.99 Å². The first-order chi connectivity index (χ1) is 12.6. The number of hydrogen-bond acceptors (Lipinski definition) is 4. The fraction of sp³-hybridized carbons (Fsp3) is 0.261. The van der Waals surface area contributed by atoms with E-state index in [0.717, 1.165) is 35.5 Å². The molecule has 1 aromatic heterocycles. The molecule has 0 saturated carbocycles. The van der Waals surface area contributed by atoms with E-state index in [0.29, 0.717) is 5.95 Å². The summed E-state index contributed by atoms with van der Waals surface area (Å²) < 4.78 is 0. The number of aromatic nitrogens is 2. The Bertz CT molecular complexity index is 944. The molecule has 2 heterocycles. The second-order valence-corrected chi connectivity index (χ2v) is 6.96. The first-order valence-corrected chi connectivity index (χ1v) is 8.87. The molecule has 4 nitrogen and oxygen atoms in total. The maximum atomic E-state index is 5.02. The Labute approximate surface area is 189 Å². The summed E-state index contributed by atoms with van der Waals surface area (Å²) in [6.07, 6.45) is 4.88. The summed E-state index contributed by atoms with van der Waals surface area (Å²) in [5.41, 5.74) is 4.83. The summed E-state index contributed by atoms with van der Waals surface area (Å²) in [6.45, 7) is 4.20. The molecular weight excluding hydrogens is 529 g/mol. The van der Waals surface area contributed by atoms with Crippen LogP contribution >= 0.6 is 0 Å². The molecular formula is C23H25BN4Re-. The van der Waals surface area contributed by atoms with Gasteiger partial charge in [0.15, 0.2) is 0 Å². The fourth-order valence-electron chi connectivity index (χ4n) is 3.28. The molecule has 0 atom stereocenters. The standard InChI is InChI=1S/C22H21N4.CH4.B.Re/c1-22(2)18-15-23-21(24-17-11-7-4-8-12-17)25-20(18)14-13-19(26-22)16-9-5-3-6-10-16;;;/h3-12H,13-14H2,1-2H3,(H,23,24,25);1H4;;/q-1;;;. The van der Waals surface area contributed by atoms with Gasteiger partial charge in [0, 0.05) is 40.2 Å². The van der Waals surface area contributed by atoms with Crippen LogP contribution in [0.2, 0.25) is 0 Å². The first-order valence-electron chi connectivity index (χ1n) is 8.87. The number of benzene rings is 2. The Kier molecular flexibility index (Phi) is 8.95. The zero-order chi connectivity index (χ0) is 18.0. The summed E-state index contributed by atoms with van der Waals surface area (Å²) in [5, 5.41) is 3.25. The van der Waals surface area contributed by atoms with Gasteiger partial charge in [0.2, 0.25) is 0 Å². The number of aryl methyl sites for hydroxylation is 1. The van der Waals surface area contributed by atoms with Crippen LogP contribution in [0.25, 0.3) is 0 Å². The molecule has 29 heavy (non-hydrogen) atoms. The van der Waals surface area contributed by atoms with E-state index < -0.39 is 5.54 Å². The van der Waals surface area contributed by atoms with E-state index in [4.69, 9.17) is 9.98 Å². The fourth-order valence-corrected chi connectivity index (χ4v) is 3.28. The van der Waals surface area contributed by atoms with Crippen molar-refractivity contribution in [1.29, 1.82) is 0 Å². The molecule has 0 unspecified atom stereocenters. The van der Waals surface area contributed by atoms with Gasteiger partial charge in [0.25, 0.3) is 0 Å². The molecule has 0 spiro atoms. The van der Waals surface area contributed by atoms with Gasteiger partial charge in [0.1, 0.15) is 5.95 Å². The number of para-hydroxylation sites is 1. The van der Waals surface area contributed by atoms with Crippen LogP contribution < -0.4 is 5.32 Å². The van der Waals surface area contributed by atoms with E-state index in [2.05, 4.69) is 54.6 Å². The third-order valence-corrected chi connectivity index (χ3v) is 4.56. The Hall–Kier alpha value is -2.28. The predicted octanol–water partition coefficient (Wildman–Crippen LogP) is 4.94. The maximum absolute atomic E-state index is 5.02. The first kappa shape index (κ1) is 24.8. The average molecular weight is 554 g/mol. The SMILES string of the molecule is C.CC1(C)N=C(c2ccccc2)CCc2nc(Nc3ccccc3)n[c-]c21.[B].[Re]. The van der Waals surface area contributed by atoms with E-state index >= 15 is 0 Å². The molecule has 1 aliphatic rings. The summed E-state index contributed by atoms with van der Waals surface area (Å²) in [4.78, 5) is 14.2. The van der Waals surface area contributed by atoms with Gasteiger partial charge in [-0.15, -0.1) is 0 Å². The molecule has 2 aromatic carbocycles. The van der Waals surface area contributed by atoms with Crippen molar-refractivity contribution in [3.63, 3.8) is 0 Å². The third-order valence-electron chi connectivity index (χ3n) is 4.56. The zero-order valence-corrected chi connectivity index (χ0v) is 18.7. The minimum atomic E-state index is -0.401. The van der Waals surface area contributed by atoms with Crippen molar-refractivity contribution >= 4 is 25.8 Å². The Morgan fingerprint density at radius 3 is 2.21 bits per heavy atom. The van der Waals surface area contributed by atoms with Crippen LogP contribution in [0, 0.1) is 6.20 Å². The quantitative estimate of drug-likeness (QED) is 0.369. The summed E-state index contributed by atoms with van der Waals surface area (Å²) in [5.74, 6) is 0.578. The minimum Gasteiger partial charge on any atom is -0.378 e. The van der Waals surface area contributed by atoms with E-state index in [1.54, 1.807) is 0 Å². The van der Waals surface area contributed by atoms with Crippen molar-refractivity contribution in [1.82, 2.24) is 9.97 Å². The monoisotopic (exact) mass is 555 g/mol. The normalized spacial score (nSPS) is 13.9. The Morgan fingerprint density at radius 2 is 1.55 bits per heavy atom. The Balaban J connectivity index is 0.00000140. The van der Waals surface area contributed by atoms with Gasteiger partial charge in [-0.05, 0) is 38.0 Å². The van der Waals surface area contributed by atoms with E-state index in [1.807, 2.05) is 36.4 Å². The van der Waals surface area contributed by atoms with E-state index in [9.17, 15) is 0 Å². The van der Waals surface area contributed by atoms with Gasteiger partial charge in [-0.25, -0.2) is 0 Å². The van der Waals surface area contributed by atoms with Crippen LogP contribution in [0.15, 0.2) is 65.7 Å². The molecule has 1 N–H and O–H groups in total. The van der Waals surface area contributed by atoms with Crippen LogP contribution in [0.4, 0.5) is 11.6 Å². The van der Waals surface area contributed by atoms with Gasteiger partial charge in [-0.3, -0.25) is 4.99 Å². The van der Waals surface area contributed by atoms with Gasteiger partial charge in [0.05, 0.1) is 5.54 Å². The molecule has 3 aromatic rings. The number of nitrogens with one attached hydrogen (secondary N) is 1. The van der Waals surface area contributed by atoms with Crippen molar-refractivity contribution in [2.75, 3.05) is 5.32 Å². The topological polar surface area (TPSA) is 50.2 Å². The van der Waals surface area contributed by atoms with E-state index in [1.165, 1.54) is 5.56 Å². The smallest absolute Gasteiger partial charge is 0.110 e. The minimum absolute atomic E-state index is 0. The molecule has 6 heteroatoms. The largest absolute Gasteiger partial charge is 0.378 e. The molecule has 4 rings (SSSR count). The summed E-state index contributed by atoms with van der Waals surface area (Å²) in [6, 6.07) is 20.3. The number of hydrogen-bond donors (Lipinski definition) is 1. The van der Waals surface area contributed by atoms with Crippen LogP contribution in [0.3, 0.4) is 0 Å². The summed E-state index contributed by atoms with van der Waals surface area (Å²) >= 11 is 0. The number of nitrogens with zero attached hydrogens (tertiary/aromatic N) is 3. The molecule has 0 bridgehead atoms. The van der Waals surface area contributed by atoms with Crippen molar-refractivity contribution in [3.8, 4) is 0 Å². The van der Waals surface area contributed by atoms with Crippen molar-refractivity contribution in [3.05, 3.63) is 83.7 Å².